The molecule has 0 aliphatic carbocycles. The Hall–Kier alpha value is -2.07. The first-order valence-corrected chi connectivity index (χ1v) is 9.27. The van der Waals surface area contributed by atoms with Gasteiger partial charge in [0.1, 0.15) is 12.2 Å². The van der Waals surface area contributed by atoms with Gasteiger partial charge in [-0.25, -0.2) is 4.98 Å². The van der Waals surface area contributed by atoms with E-state index in [1.165, 1.54) is 12.3 Å². The van der Waals surface area contributed by atoms with Crippen LogP contribution in [0.25, 0.3) is 0 Å². The molecule has 0 saturated carbocycles. The van der Waals surface area contributed by atoms with Crippen LogP contribution in [0, 0.1) is 0 Å². The lowest BCUT2D eigenvalue weighted by Crippen LogP contribution is -2.49. The maximum absolute atomic E-state index is 12.9. The molecule has 1 aliphatic heterocycles. The number of guanidine groups is 1. The largest absolute Gasteiger partial charge is 0.475 e. The summed E-state index contributed by atoms with van der Waals surface area (Å²) in [5, 5.41) is 6.41. The number of aliphatic imine (C=N–C) groups is 1. The molecule has 1 saturated heterocycles. The van der Waals surface area contributed by atoms with Gasteiger partial charge in [0.15, 0.2) is 5.96 Å². The Morgan fingerprint density at radius 1 is 1.32 bits per heavy atom. The number of likely N-dealkylation sites (tertiary alicyclic amines) is 1. The van der Waals surface area contributed by atoms with Crippen LogP contribution in [0.1, 0.15) is 18.4 Å². The molecule has 2 heterocycles. The van der Waals surface area contributed by atoms with E-state index in [9.17, 15) is 13.2 Å². The number of alkyl halides is 3. The maximum Gasteiger partial charge on any atom is 0.421 e. The molecule has 0 unspecified atom stereocenters. The number of hydrogen-bond donors (Lipinski definition) is 2. The summed E-state index contributed by atoms with van der Waals surface area (Å²) in [6, 6.07) is 2.49. The number of aromatic nitrogens is 1. The first-order chi connectivity index (χ1) is 13.4. The quantitative estimate of drug-likeness (QED) is 0.392. The summed E-state index contributed by atoms with van der Waals surface area (Å²) < 4.78 is 49.1. The lowest BCUT2D eigenvalue weighted by molar-refractivity contribution is -0.139. The van der Waals surface area contributed by atoms with Gasteiger partial charge in [-0.1, -0.05) is 0 Å². The molecule has 0 aromatic carbocycles. The van der Waals surface area contributed by atoms with Crippen molar-refractivity contribution in [2.45, 2.75) is 25.1 Å². The second-order valence-corrected chi connectivity index (χ2v) is 6.45. The minimum Gasteiger partial charge on any atom is -0.475 e. The van der Waals surface area contributed by atoms with Crippen LogP contribution < -0.4 is 15.4 Å². The third-order valence-corrected chi connectivity index (χ3v) is 4.47. The highest BCUT2D eigenvalue weighted by Crippen LogP contribution is 2.34. The first kappa shape index (κ1) is 22.2. The van der Waals surface area contributed by atoms with Crippen molar-refractivity contribution in [1.29, 1.82) is 0 Å². The van der Waals surface area contributed by atoms with E-state index in [0.29, 0.717) is 18.5 Å². The third kappa shape index (κ3) is 7.16. The topological polar surface area (TPSA) is 71.0 Å². The van der Waals surface area contributed by atoms with Crippen molar-refractivity contribution in [1.82, 2.24) is 20.5 Å². The molecule has 0 spiro atoms. The molecule has 0 amide bonds. The Kier molecular flexibility index (Phi) is 8.78. The van der Waals surface area contributed by atoms with Gasteiger partial charge in [-0.15, -0.1) is 0 Å². The van der Waals surface area contributed by atoms with Crippen molar-refractivity contribution in [3.05, 3.63) is 23.9 Å². The average Bonchev–Trinajstić information content (AvgIpc) is 2.69. The number of pyridine rings is 1. The third-order valence-electron chi connectivity index (χ3n) is 4.47. The molecule has 2 N–H and O–H groups in total. The van der Waals surface area contributed by atoms with Crippen molar-refractivity contribution in [3.63, 3.8) is 0 Å². The average molecular weight is 403 g/mol. The Bertz CT molecular complexity index is 619. The zero-order chi connectivity index (χ0) is 20.4. The van der Waals surface area contributed by atoms with Gasteiger partial charge in [-0.2, -0.15) is 13.2 Å². The molecule has 2 rings (SSSR count). The number of methoxy groups -OCH3 is 1. The van der Waals surface area contributed by atoms with E-state index >= 15 is 0 Å². The fourth-order valence-electron chi connectivity index (χ4n) is 2.95. The summed E-state index contributed by atoms with van der Waals surface area (Å²) in [4.78, 5) is 10.2. The van der Waals surface area contributed by atoms with Gasteiger partial charge in [-0.05, 0) is 25.0 Å². The van der Waals surface area contributed by atoms with Gasteiger partial charge in [0.25, 0.3) is 0 Å². The highest BCUT2D eigenvalue weighted by Gasteiger charge is 2.35. The van der Waals surface area contributed by atoms with Crippen LogP contribution >= 0.6 is 0 Å². The van der Waals surface area contributed by atoms with E-state index in [2.05, 4.69) is 25.5 Å². The predicted molar refractivity (Wildman–Crippen MR) is 101 cm³/mol. The molecule has 28 heavy (non-hydrogen) atoms. The summed E-state index contributed by atoms with van der Waals surface area (Å²) in [5.74, 6) is 0.194. The van der Waals surface area contributed by atoms with Gasteiger partial charge in [0.05, 0.1) is 13.2 Å². The van der Waals surface area contributed by atoms with E-state index in [1.807, 2.05) is 0 Å². The molecule has 1 aliphatic rings. The van der Waals surface area contributed by atoms with Crippen LogP contribution in [-0.4, -0.2) is 75.4 Å². The highest BCUT2D eigenvalue weighted by atomic mass is 19.4. The molecule has 158 valence electrons. The minimum atomic E-state index is -4.49. The molecule has 1 aromatic heterocycles. The number of hydrogen-bond acceptors (Lipinski definition) is 5. The molecule has 1 fully saturated rings. The summed E-state index contributed by atoms with van der Waals surface area (Å²) in [6.07, 6.45) is -1.24. The van der Waals surface area contributed by atoms with Gasteiger partial charge >= 0.3 is 6.18 Å². The lowest BCUT2D eigenvalue weighted by Gasteiger charge is -2.32. The maximum atomic E-state index is 12.9. The van der Waals surface area contributed by atoms with Gasteiger partial charge in [-0.3, -0.25) is 4.99 Å². The van der Waals surface area contributed by atoms with E-state index in [-0.39, 0.29) is 6.61 Å². The Labute approximate surface area is 163 Å². The number of nitrogens with one attached hydrogen (secondary N) is 2. The zero-order valence-corrected chi connectivity index (χ0v) is 16.3. The number of ether oxygens (including phenoxy) is 2. The summed E-state index contributed by atoms with van der Waals surface area (Å²) in [5.41, 5.74) is -0.877. The Balaban J connectivity index is 1.71. The predicted octanol–water partition coefficient (Wildman–Crippen LogP) is 1.75. The monoisotopic (exact) mass is 403 g/mol. The van der Waals surface area contributed by atoms with Crippen molar-refractivity contribution in [3.8, 4) is 5.88 Å². The lowest BCUT2D eigenvalue weighted by atomic mass is 10.1. The molecule has 1 aromatic rings. The number of halogens is 3. The number of nitrogens with zero attached hydrogens (tertiary/aromatic N) is 3. The smallest absolute Gasteiger partial charge is 0.421 e. The van der Waals surface area contributed by atoms with Crippen molar-refractivity contribution in [2.75, 3.05) is 53.6 Å². The van der Waals surface area contributed by atoms with Gasteiger partial charge in [0, 0.05) is 46.0 Å². The normalized spacial score (nSPS) is 16.8. The fourth-order valence-corrected chi connectivity index (χ4v) is 2.95. The van der Waals surface area contributed by atoms with Crippen LogP contribution in [0.5, 0.6) is 5.88 Å². The molecular formula is C18H28F3N5O2. The van der Waals surface area contributed by atoms with Crippen molar-refractivity contribution < 1.29 is 22.6 Å². The van der Waals surface area contributed by atoms with E-state index in [1.54, 1.807) is 14.2 Å². The van der Waals surface area contributed by atoms with Crippen LogP contribution in [0.3, 0.4) is 0 Å². The fraction of sp³-hybridized carbons (Fsp3) is 0.667. The summed E-state index contributed by atoms with van der Waals surface area (Å²) in [6.45, 7) is 3.98. The van der Waals surface area contributed by atoms with Crippen molar-refractivity contribution >= 4 is 5.96 Å². The zero-order valence-electron chi connectivity index (χ0n) is 16.3. The van der Waals surface area contributed by atoms with E-state index in [4.69, 9.17) is 9.47 Å². The Morgan fingerprint density at radius 2 is 2.07 bits per heavy atom. The summed E-state index contributed by atoms with van der Waals surface area (Å²) in [7, 11) is 3.36. The second kappa shape index (κ2) is 11.1. The highest BCUT2D eigenvalue weighted by molar-refractivity contribution is 5.79. The van der Waals surface area contributed by atoms with Crippen LogP contribution in [0.2, 0.25) is 0 Å². The van der Waals surface area contributed by atoms with Crippen LogP contribution in [0.4, 0.5) is 13.2 Å². The minimum absolute atomic E-state index is 0.0380. The summed E-state index contributed by atoms with van der Waals surface area (Å²) >= 11 is 0. The molecule has 10 heteroatoms. The molecular weight excluding hydrogens is 375 g/mol. The standard InChI is InChI=1S/C18H28F3N5O2/c1-22-17(25-14-5-9-26(10-6-14)11-13-27-2)24-8-12-28-16-15(18(19,20)21)4-3-7-23-16/h3-4,7,14H,5-6,8-13H2,1-2H3,(H2,22,24,25). The molecule has 0 bridgehead atoms. The number of piperidine rings is 1. The molecule has 0 atom stereocenters. The molecule has 0 radical (unpaired) electrons. The number of rotatable bonds is 8. The van der Waals surface area contributed by atoms with Crippen LogP contribution in [-0.2, 0) is 10.9 Å². The van der Waals surface area contributed by atoms with E-state index in [0.717, 1.165) is 45.1 Å². The molecule has 7 nitrogen and oxygen atoms in total. The van der Waals surface area contributed by atoms with Crippen molar-refractivity contribution in [2.24, 2.45) is 4.99 Å². The van der Waals surface area contributed by atoms with E-state index < -0.39 is 17.6 Å². The Morgan fingerprint density at radius 3 is 2.71 bits per heavy atom. The van der Waals surface area contributed by atoms with Gasteiger partial charge in [0.2, 0.25) is 5.88 Å². The van der Waals surface area contributed by atoms with Gasteiger partial charge < -0.3 is 25.0 Å². The SMILES string of the molecule is CN=C(NCCOc1ncccc1C(F)(F)F)NC1CCN(CCOC)CC1. The van der Waals surface area contributed by atoms with Crippen LogP contribution in [0.15, 0.2) is 23.3 Å². The second-order valence-electron chi connectivity index (χ2n) is 6.45. The first-order valence-electron chi connectivity index (χ1n) is 9.27.